The van der Waals surface area contributed by atoms with Crippen molar-refractivity contribution in [2.24, 2.45) is 4.99 Å². The highest BCUT2D eigenvalue weighted by Gasteiger charge is 2.25. The van der Waals surface area contributed by atoms with Gasteiger partial charge in [0.05, 0.1) is 7.11 Å². The normalized spacial score (nSPS) is 19.9. The van der Waals surface area contributed by atoms with Crippen LogP contribution in [0.2, 0.25) is 0 Å². The number of methoxy groups -OCH3 is 1. The number of esters is 1. The zero-order valence-corrected chi connectivity index (χ0v) is 19.8. The molecule has 2 aromatic carbocycles. The van der Waals surface area contributed by atoms with Crippen LogP contribution in [-0.4, -0.2) is 32.9 Å². The Kier molecular flexibility index (Phi) is 6.34. The Bertz CT molecular complexity index is 1080. The minimum Gasteiger partial charge on any atom is -0.466 e. The van der Waals surface area contributed by atoms with Crippen molar-refractivity contribution in [3.8, 4) is 0 Å². The van der Waals surface area contributed by atoms with Gasteiger partial charge >= 0.3 is 5.97 Å². The zero-order chi connectivity index (χ0) is 22.8. The van der Waals surface area contributed by atoms with Crippen molar-refractivity contribution in [1.82, 2.24) is 0 Å². The van der Waals surface area contributed by atoms with Gasteiger partial charge in [0.15, 0.2) is 0 Å². The maximum atomic E-state index is 12.2. The molecule has 5 rings (SSSR count). The van der Waals surface area contributed by atoms with E-state index in [1.807, 2.05) is 6.21 Å². The first-order valence-corrected chi connectivity index (χ1v) is 12.4. The number of fused-ring (bicyclic) bond motifs is 1. The van der Waals surface area contributed by atoms with Crippen LogP contribution in [0.25, 0.3) is 0 Å². The first kappa shape index (κ1) is 21.9. The average molecular weight is 443 g/mol. The summed E-state index contributed by atoms with van der Waals surface area (Å²) in [6.45, 7) is 0.680. The highest BCUT2D eigenvalue weighted by molar-refractivity contribution is 5.97. The van der Waals surface area contributed by atoms with E-state index in [0.29, 0.717) is 18.9 Å². The first-order chi connectivity index (χ1) is 16.1. The van der Waals surface area contributed by atoms with Crippen molar-refractivity contribution >= 4 is 23.6 Å². The van der Waals surface area contributed by atoms with E-state index in [4.69, 9.17) is 4.74 Å². The number of ether oxygens (including phenoxy) is 1. The van der Waals surface area contributed by atoms with Gasteiger partial charge in [0.25, 0.3) is 0 Å². The topological polar surface area (TPSA) is 41.9 Å². The van der Waals surface area contributed by atoms with E-state index in [-0.39, 0.29) is 5.97 Å². The third-order valence-electron chi connectivity index (χ3n) is 7.60. The van der Waals surface area contributed by atoms with E-state index < -0.39 is 0 Å². The van der Waals surface area contributed by atoms with Crippen molar-refractivity contribution in [3.63, 3.8) is 0 Å². The zero-order valence-electron chi connectivity index (χ0n) is 19.8. The van der Waals surface area contributed by atoms with E-state index in [1.165, 1.54) is 60.9 Å². The Labute approximate surface area is 197 Å². The van der Waals surface area contributed by atoms with Gasteiger partial charge in [-0.2, -0.15) is 0 Å². The molecule has 4 nitrogen and oxygen atoms in total. The third-order valence-corrected chi connectivity index (χ3v) is 7.60. The van der Waals surface area contributed by atoms with Gasteiger partial charge < -0.3 is 9.64 Å². The van der Waals surface area contributed by atoms with Gasteiger partial charge in [-0.1, -0.05) is 18.2 Å². The van der Waals surface area contributed by atoms with Crippen LogP contribution in [0.15, 0.2) is 58.6 Å². The lowest BCUT2D eigenvalue weighted by molar-refractivity contribution is -0.136. The van der Waals surface area contributed by atoms with Gasteiger partial charge in [-0.15, -0.1) is 0 Å². The fraction of sp³-hybridized carbons (Fsp3) is 0.448. The predicted molar refractivity (Wildman–Crippen MR) is 135 cm³/mol. The van der Waals surface area contributed by atoms with Crippen molar-refractivity contribution in [3.05, 3.63) is 70.3 Å². The molecule has 0 N–H and O–H groups in total. The molecule has 1 atom stereocenters. The first-order valence-electron chi connectivity index (χ1n) is 12.4. The Hall–Kier alpha value is -2.88. The van der Waals surface area contributed by atoms with Crippen molar-refractivity contribution in [1.29, 1.82) is 0 Å². The number of carbonyl (C=O) groups is 1. The number of hydrogen-bond acceptors (Lipinski definition) is 4. The summed E-state index contributed by atoms with van der Waals surface area (Å²) in [6, 6.07) is 16.1. The highest BCUT2D eigenvalue weighted by Crippen LogP contribution is 2.41. The number of rotatable bonds is 7. The molecule has 0 saturated heterocycles. The Balaban J connectivity index is 1.30. The molecule has 1 heterocycles. The van der Waals surface area contributed by atoms with Gasteiger partial charge in [-0.3, -0.25) is 4.99 Å². The summed E-state index contributed by atoms with van der Waals surface area (Å²) in [5, 5.41) is 0. The molecule has 3 aliphatic rings. The van der Waals surface area contributed by atoms with E-state index >= 15 is 0 Å². The lowest BCUT2D eigenvalue weighted by atomic mass is 9.79. The number of allylic oxidation sites excluding steroid dienone is 1. The number of aryl methyl sites for hydroxylation is 1. The summed E-state index contributed by atoms with van der Waals surface area (Å²) in [7, 11) is 3.63. The minimum atomic E-state index is -0.196. The van der Waals surface area contributed by atoms with Gasteiger partial charge in [-0.25, -0.2) is 4.79 Å². The molecule has 2 aliphatic carbocycles. The molecule has 1 fully saturated rings. The van der Waals surface area contributed by atoms with Crippen LogP contribution in [0.5, 0.6) is 0 Å². The van der Waals surface area contributed by atoms with Crippen molar-refractivity contribution in [2.75, 3.05) is 25.6 Å². The van der Waals surface area contributed by atoms with E-state index in [9.17, 15) is 4.79 Å². The molecule has 0 unspecified atom stereocenters. The molecule has 0 amide bonds. The number of dihydropyridines is 1. The quantitative estimate of drug-likeness (QED) is 0.461. The molecule has 0 spiro atoms. The van der Waals surface area contributed by atoms with Crippen LogP contribution in [0.4, 0.5) is 11.4 Å². The molecular weight excluding hydrogens is 408 g/mol. The summed E-state index contributed by atoms with van der Waals surface area (Å²) >= 11 is 0. The van der Waals surface area contributed by atoms with Crippen LogP contribution < -0.4 is 4.90 Å². The highest BCUT2D eigenvalue weighted by atomic mass is 16.5. The molecular formula is C29H34N2O2. The lowest BCUT2D eigenvalue weighted by Crippen LogP contribution is -2.16. The molecule has 4 heteroatoms. The van der Waals surface area contributed by atoms with Crippen LogP contribution in [-0.2, 0) is 16.0 Å². The molecule has 2 aromatic rings. The molecule has 1 saturated carbocycles. The molecule has 1 aliphatic heterocycles. The Morgan fingerprint density at radius 2 is 1.85 bits per heavy atom. The predicted octanol–water partition coefficient (Wildman–Crippen LogP) is 6.48. The molecule has 0 radical (unpaired) electrons. The van der Waals surface area contributed by atoms with Crippen molar-refractivity contribution < 1.29 is 9.53 Å². The maximum absolute atomic E-state index is 12.2. The number of benzene rings is 2. The van der Waals surface area contributed by atoms with Crippen LogP contribution in [0.3, 0.4) is 0 Å². The second-order valence-electron chi connectivity index (χ2n) is 9.72. The number of anilines is 2. The monoisotopic (exact) mass is 442 g/mol. The standard InChI is InChI=1S/C29H34N2O2/c1-31(25-12-10-21(11-13-25)20-6-7-20)26-14-15-27-22(4-3-5-23(27)18-26)8-9-24-19-30-17-16-28(24)29(32)33-2/h10-15,18-20,22H,3-9,16-17H2,1-2H3/t22-/m0/s1. The van der Waals surface area contributed by atoms with Gasteiger partial charge in [0.1, 0.15) is 0 Å². The number of nitrogens with zero attached hydrogens (tertiary/aromatic N) is 2. The number of aliphatic imine (C=N–C) groups is 1. The second-order valence-corrected chi connectivity index (χ2v) is 9.72. The van der Waals surface area contributed by atoms with Gasteiger partial charge in [0.2, 0.25) is 0 Å². The summed E-state index contributed by atoms with van der Waals surface area (Å²) in [5.41, 5.74) is 8.81. The van der Waals surface area contributed by atoms with Gasteiger partial charge in [-0.05, 0) is 110 Å². The summed E-state index contributed by atoms with van der Waals surface area (Å²) in [6.07, 6.45) is 10.8. The summed E-state index contributed by atoms with van der Waals surface area (Å²) in [4.78, 5) is 18.9. The van der Waals surface area contributed by atoms with E-state index in [1.54, 1.807) is 0 Å². The fourth-order valence-corrected chi connectivity index (χ4v) is 5.44. The third kappa shape index (κ3) is 4.75. The number of hydrogen-bond donors (Lipinski definition) is 0. The average Bonchev–Trinajstić information content (AvgIpc) is 3.72. The second kappa shape index (κ2) is 9.54. The molecule has 33 heavy (non-hydrogen) atoms. The largest absolute Gasteiger partial charge is 0.466 e. The smallest absolute Gasteiger partial charge is 0.334 e. The summed E-state index contributed by atoms with van der Waals surface area (Å²) in [5.74, 6) is 1.13. The Morgan fingerprint density at radius 3 is 2.61 bits per heavy atom. The SMILES string of the molecule is COC(=O)C1=C(CC[C@@H]2CCCc3cc(N(C)c4ccc(C5CC5)cc4)ccc32)C=NCC1. The summed E-state index contributed by atoms with van der Waals surface area (Å²) < 4.78 is 5.00. The van der Waals surface area contributed by atoms with Crippen LogP contribution >= 0.6 is 0 Å². The van der Waals surface area contributed by atoms with Crippen molar-refractivity contribution in [2.45, 2.75) is 63.2 Å². The number of carbonyl (C=O) groups excluding carboxylic acids is 1. The molecule has 0 bridgehead atoms. The molecule has 172 valence electrons. The van der Waals surface area contributed by atoms with E-state index in [0.717, 1.165) is 36.3 Å². The minimum absolute atomic E-state index is 0.196. The maximum Gasteiger partial charge on any atom is 0.334 e. The van der Waals surface area contributed by atoms with Gasteiger partial charge in [0, 0.05) is 36.8 Å². The fourth-order valence-electron chi connectivity index (χ4n) is 5.44. The lowest BCUT2D eigenvalue weighted by Gasteiger charge is -2.28. The van der Waals surface area contributed by atoms with Crippen LogP contribution in [0.1, 0.15) is 73.5 Å². The Morgan fingerprint density at radius 1 is 1.06 bits per heavy atom. The molecule has 0 aromatic heterocycles. The van der Waals surface area contributed by atoms with Crippen LogP contribution in [0, 0.1) is 0 Å². The van der Waals surface area contributed by atoms with E-state index in [2.05, 4.69) is 59.4 Å².